The molecular weight excluding hydrogens is 703 g/mol. The molecule has 1 heterocycles. The van der Waals surface area contributed by atoms with E-state index in [9.17, 15) is 14.4 Å². The molecule has 0 aliphatic carbocycles. The number of carbonyl (C=O) groups is 3. The van der Waals surface area contributed by atoms with E-state index in [1.165, 1.54) is 0 Å². The molecule has 1 saturated heterocycles. The molecule has 0 aromatic heterocycles. The summed E-state index contributed by atoms with van der Waals surface area (Å²) in [5.74, 6) is -0.771. The van der Waals surface area contributed by atoms with Gasteiger partial charge in [-0.05, 0) is 69.3 Å². The van der Waals surface area contributed by atoms with Crippen LogP contribution in [0.15, 0.2) is 85.0 Å². The molecule has 0 spiro atoms. The van der Waals surface area contributed by atoms with Gasteiger partial charge in [0, 0.05) is 43.8 Å². The van der Waals surface area contributed by atoms with Crippen LogP contribution < -0.4 is 10.4 Å². The lowest BCUT2D eigenvalue weighted by Crippen LogP contribution is -2.70. The van der Waals surface area contributed by atoms with E-state index in [0.29, 0.717) is 49.8 Å². The van der Waals surface area contributed by atoms with Crippen LogP contribution in [-0.4, -0.2) is 95.3 Å². The Morgan fingerprint density at radius 3 is 1.64 bits per heavy atom. The summed E-state index contributed by atoms with van der Waals surface area (Å²) in [7, 11) is -12.4. The maximum absolute atomic E-state index is 12.4. The molecule has 0 atom stereocenters. The first-order valence-electron chi connectivity index (χ1n) is 17.2. The summed E-state index contributed by atoms with van der Waals surface area (Å²) < 4.78 is 38.9. The monoisotopic (exact) mass is 757 g/mol. The van der Waals surface area contributed by atoms with Crippen LogP contribution >= 0.6 is 0 Å². The van der Waals surface area contributed by atoms with Crippen molar-refractivity contribution < 1.29 is 40.9 Å². The van der Waals surface area contributed by atoms with Crippen LogP contribution in [0.1, 0.15) is 33.1 Å². The number of nitrogens with zero attached hydrogens (tertiary/aromatic N) is 1. The number of amides is 1. The highest BCUT2D eigenvalue weighted by molar-refractivity contribution is 7.02. The van der Waals surface area contributed by atoms with Gasteiger partial charge in [-0.3, -0.25) is 4.79 Å². The lowest BCUT2D eigenvalue weighted by molar-refractivity contribution is -0.138. The average Bonchev–Trinajstić information content (AvgIpc) is 3.47. The normalized spacial score (nSPS) is 14.1. The van der Waals surface area contributed by atoms with Crippen LogP contribution in [0, 0.1) is 0 Å². The molecule has 3 rings (SSSR count). The molecule has 50 heavy (non-hydrogen) atoms. The van der Waals surface area contributed by atoms with Crippen LogP contribution in [0.5, 0.6) is 0 Å². The van der Waals surface area contributed by atoms with Gasteiger partial charge in [0.2, 0.25) is 30.9 Å². The second-order valence-electron chi connectivity index (χ2n) is 14.2. The van der Waals surface area contributed by atoms with Crippen LogP contribution in [0.4, 0.5) is 0 Å². The smallest absolute Gasteiger partial charge is 0.463 e. The maximum Gasteiger partial charge on any atom is 0.466 e. The van der Waals surface area contributed by atoms with E-state index < -0.39 is 45.7 Å². The Bertz CT molecular complexity index is 1390. The van der Waals surface area contributed by atoms with Crippen molar-refractivity contribution >= 4 is 62.0 Å². The third kappa shape index (κ3) is 12.7. The molecule has 1 fully saturated rings. The highest BCUT2D eigenvalue weighted by atomic mass is 28.5. The van der Waals surface area contributed by atoms with Crippen LogP contribution in [0.25, 0.3) is 0 Å². The van der Waals surface area contributed by atoms with Gasteiger partial charge in [-0.15, -0.1) is 0 Å². The fourth-order valence-electron chi connectivity index (χ4n) is 5.85. The minimum absolute atomic E-state index is 0.0826. The van der Waals surface area contributed by atoms with Gasteiger partial charge in [0.05, 0.1) is 6.61 Å². The van der Waals surface area contributed by atoms with E-state index in [1.54, 1.807) is 13.8 Å². The Hall–Kier alpha value is -2.96. The van der Waals surface area contributed by atoms with Gasteiger partial charge in [-0.1, -0.05) is 73.8 Å². The number of esters is 2. The van der Waals surface area contributed by atoms with Gasteiger partial charge in [0.15, 0.2) is 0 Å². The highest BCUT2D eigenvalue weighted by Gasteiger charge is 2.53. The molecular formula is C36H55NO9Si4. The van der Waals surface area contributed by atoms with Crippen molar-refractivity contribution in [3.05, 3.63) is 85.0 Å². The Kier molecular flexibility index (Phi) is 15.3. The number of benzene rings is 2. The van der Waals surface area contributed by atoms with E-state index in [2.05, 4.69) is 37.4 Å². The predicted octanol–water partition coefficient (Wildman–Crippen LogP) is 5.12. The molecule has 0 bridgehead atoms. The highest BCUT2D eigenvalue weighted by Crippen LogP contribution is 2.29. The van der Waals surface area contributed by atoms with Gasteiger partial charge in [-0.2, -0.15) is 0 Å². The summed E-state index contributed by atoms with van der Waals surface area (Å²) in [6.07, 6.45) is 2.37. The van der Waals surface area contributed by atoms with Gasteiger partial charge < -0.3 is 31.5 Å². The number of hydrogen-bond donors (Lipinski definition) is 0. The molecule has 0 radical (unpaired) electrons. The largest absolute Gasteiger partial charge is 0.466 e. The van der Waals surface area contributed by atoms with E-state index in [-0.39, 0.29) is 18.4 Å². The molecule has 0 saturated carbocycles. The molecule has 1 aliphatic heterocycles. The number of ether oxygens (including phenoxy) is 3. The van der Waals surface area contributed by atoms with Crippen LogP contribution in [-0.2, 0) is 40.9 Å². The lowest BCUT2D eigenvalue weighted by atomic mass is 10.4. The Balaban J connectivity index is 2.00. The van der Waals surface area contributed by atoms with Crippen molar-refractivity contribution in [3.8, 4) is 0 Å². The van der Waals surface area contributed by atoms with E-state index in [0.717, 1.165) is 23.3 Å². The Labute approximate surface area is 302 Å². The first kappa shape index (κ1) is 41.5. The van der Waals surface area contributed by atoms with Crippen molar-refractivity contribution in [2.75, 3.05) is 38.8 Å². The average molecular weight is 758 g/mol. The molecule has 0 N–H and O–H groups in total. The molecule has 10 nitrogen and oxygen atoms in total. The zero-order valence-electron chi connectivity index (χ0n) is 30.9. The summed E-state index contributed by atoms with van der Waals surface area (Å²) >= 11 is 0. The van der Waals surface area contributed by atoms with Gasteiger partial charge in [0.1, 0.15) is 12.5 Å². The first-order valence-corrected chi connectivity index (χ1v) is 27.8. The fourth-order valence-corrected chi connectivity index (χ4v) is 23.8. The van der Waals surface area contributed by atoms with Crippen molar-refractivity contribution in [1.82, 2.24) is 4.90 Å². The number of hydrogen-bond acceptors (Lipinski definition) is 9. The molecule has 2 aromatic carbocycles. The number of likely N-dealkylation sites (tertiary alicyclic amines) is 1. The standard InChI is InChI=1S/C36H55NO9Si4/c1-30(2)35(39)42-28-47(5,6)44-49(9,45-48(7,8)29-43-36(40)31(3)4)46-50(32-18-12-10-13-19-32,33-20-14-11-15-21-33)27-17-25-41-26-24-37-23-16-22-34(37)38/h10-15,18-21H,1,3,16-17,22-29H2,2,4-9H3. The van der Waals surface area contributed by atoms with Gasteiger partial charge >= 0.3 is 20.7 Å². The summed E-state index contributed by atoms with van der Waals surface area (Å²) in [6, 6.07) is 21.1. The zero-order chi connectivity index (χ0) is 37.0. The van der Waals surface area contributed by atoms with Gasteiger partial charge in [-0.25, -0.2) is 9.59 Å². The van der Waals surface area contributed by atoms with E-state index in [1.807, 2.05) is 74.0 Å². The van der Waals surface area contributed by atoms with Crippen LogP contribution in [0.3, 0.4) is 0 Å². The predicted molar refractivity (Wildman–Crippen MR) is 205 cm³/mol. The summed E-state index contributed by atoms with van der Waals surface area (Å²) in [6.45, 7) is 22.8. The minimum atomic E-state index is -3.65. The molecule has 1 aliphatic rings. The second-order valence-corrected chi connectivity index (χ2v) is 29.3. The zero-order valence-corrected chi connectivity index (χ0v) is 34.9. The number of carbonyl (C=O) groups excluding carboxylic acids is 3. The third-order valence-corrected chi connectivity index (χ3v) is 23.6. The van der Waals surface area contributed by atoms with Crippen molar-refractivity contribution in [3.63, 3.8) is 0 Å². The topological polar surface area (TPSA) is 110 Å². The van der Waals surface area contributed by atoms with Gasteiger partial charge in [0.25, 0.3) is 0 Å². The Morgan fingerprint density at radius 1 is 0.740 bits per heavy atom. The maximum atomic E-state index is 12.4. The molecule has 0 unspecified atom stereocenters. The molecule has 14 heteroatoms. The Morgan fingerprint density at radius 2 is 1.22 bits per heavy atom. The number of rotatable bonds is 21. The third-order valence-electron chi connectivity index (χ3n) is 8.06. The SMILES string of the molecule is C=C(C)C(=O)OC[Si](C)(C)O[Si](C)(O[Si](C)(C)COC(=O)C(=C)C)O[Si](CCCOCCN1CCCC1=O)(c1ccccc1)c1ccccc1. The second kappa shape index (κ2) is 18.5. The van der Waals surface area contributed by atoms with Crippen molar-refractivity contribution in [1.29, 1.82) is 0 Å². The first-order chi connectivity index (χ1) is 23.5. The minimum Gasteiger partial charge on any atom is -0.463 e. The summed E-state index contributed by atoms with van der Waals surface area (Å²) in [5.41, 5.74) is 0.619. The lowest BCUT2D eigenvalue weighted by Gasteiger charge is -2.45. The van der Waals surface area contributed by atoms with Crippen molar-refractivity contribution in [2.24, 2.45) is 0 Å². The van der Waals surface area contributed by atoms with E-state index in [4.69, 9.17) is 26.6 Å². The molecule has 1 amide bonds. The quantitative estimate of drug-likeness (QED) is 0.0742. The van der Waals surface area contributed by atoms with Crippen LogP contribution in [0.2, 0.25) is 38.8 Å². The summed E-state index contributed by atoms with van der Waals surface area (Å²) in [4.78, 5) is 38.7. The molecule has 2 aromatic rings. The molecule has 274 valence electrons. The van der Waals surface area contributed by atoms with Crippen molar-refractivity contribution in [2.45, 2.75) is 71.9 Å². The summed E-state index contributed by atoms with van der Waals surface area (Å²) in [5, 5.41) is 2.11. The van der Waals surface area contributed by atoms with E-state index >= 15 is 0 Å². The fraction of sp³-hybridized carbons (Fsp3) is 0.472.